The van der Waals surface area contributed by atoms with Crippen molar-refractivity contribution in [1.82, 2.24) is 29.6 Å². The number of fused-ring (bicyclic) bond motifs is 2. The first-order chi connectivity index (χ1) is 23.3. The number of rotatable bonds is 4. The first-order valence-electron chi connectivity index (χ1n) is 14.7. The zero-order chi connectivity index (χ0) is 39.0. The van der Waals surface area contributed by atoms with Gasteiger partial charge in [0.25, 0.3) is 0 Å². The van der Waals surface area contributed by atoms with Crippen LogP contribution in [0.2, 0.25) is 0 Å². The molecule has 0 N–H and O–H groups in total. The molecule has 0 aliphatic rings. The molecule has 0 amide bonds. The Balaban J connectivity index is 0.000000433. The van der Waals surface area contributed by atoms with Crippen LogP contribution >= 0.6 is 7.81 Å². The Kier molecular flexibility index (Phi) is 15.0. The van der Waals surface area contributed by atoms with Gasteiger partial charge in [-0.1, -0.05) is 36.4 Å². The number of guanidine groups is 2. The summed E-state index contributed by atoms with van der Waals surface area (Å²) in [6.07, 6.45) is 0. The van der Waals surface area contributed by atoms with Gasteiger partial charge in [-0.25, -0.2) is 29.5 Å². The number of carbonyl (C=O) groups excluding carboxylic acids is 2. The molecular weight excluding hydrogens is 769 g/mol. The van der Waals surface area contributed by atoms with E-state index in [2.05, 4.69) is 20.0 Å². The van der Waals surface area contributed by atoms with Gasteiger partial charge in [-0.2, -0.15) is 0 Å². The van der Waals surface area contributed by atoms with E-state index in [-0.39, 0.29) is 28.5 Å². The second kappa shape index (κ2) is 17.2. The number of nitrogens with zero attached hydrogens (tertiary/aromatic N) is 8. The van der Waals surface area contributed by atoms with Crippen molar-refractivity contribution in [3.63, 3.8) is 0 Å². The molecule has 0 saturated heterocycles. The van der Waals surface area contributed by atoms with Gasteiger partial charge in [0.05, 0.1) is 36.6 Å². The van der Waals surface area contributed by atoms with Crippen LogP contribution in [0.1, 0.15) is 21.0 Å². The number of methoxy groups -OCH3 is 2. The summed E-state index contributed by atoms with van der Waals surface area (Å²) in [7, 11) is 7.45. The summed E-state index contributed by atoms with van der Waals surface area (Å²) < 4.78 is 68.7. The Bertz CT molecular complexity index is 1790. The zero-order valence-electron chi connectivity index (χ0n) is 30.0. The number of pyridine rings is 2. The summed E-state index contributed by atoms with van der Waals surface area (Å²) in [5.74, 6) is 0.665. The van der Waals surface area contributed by atoms with Crippen LogP contribution in [-0.4, -0.2) is 124 Å². The van der Waals surface area contributed by atoms with Gasteiger partial charge in [0.15, 0.2) is 0 Å². The van der Waals surface area contributed by atoms with Gasteiger partial charge in [0.1, 0.15) is 11.4 Å². The Morgan fingerprint density at radius 1 is 0.558 bits per heavy atom. The molecule has 0 aliphatic carbocycles. The SMILES string of the molecule is COC(=O)c1ccc2cccc(N=C(N(C)C)N(C)C)c2n1.COC(=O)c1ccc2cccc(N=C(N(C)C)N(C)C)c2n1.F[P-](F)(F)(F)(F)F.[Cu+]. The Labute approximate surface area is 307 Å². The average molecular weight is 809 g/mol. The minimum absolute atomic E-state index is 0. The van der Waals surface area contributed by atoms with Crippen LogP contribution in [0.4, 0.5) is 36.6 Å². The van der Waals surface area contributed by atoms with Gasteiger partial charge in [0.2, 0.25) is 11.9 Å². The number of para-hydroxylation sites is 2. The van der Waals surface area contributed by atoms with E-state index in [4.69, 9.17) is 9.47 Å². The number of ether oxygens (including phenoxy) is 2. The molecule has 0 spiro atoms. The van der Waals surface area contributed by atoms with Crippen molar-refractivity contribution in [1.29, 1.82) is 0 Å². The maximum atomic E-state index is 11.7. The predicted octanol–water partition coefficient (Wildman–Crippen LogP) is 7.64. The van der Waals surface area contributed by atoms with Crippen molar-refractivity contribution < 1.29 is 61.3 Å². The average Bonchev–Trinajstić information content (AvgIpc) is 3.03. The molecule has 290 valence electrons. The maximum absolute atomic E-state index is 11.7. The van der Waals surface area contributed by atoms with Crippen molar-refractivity contribution in [2.75, 3.05) is 70.6 Å². The standard InChI is InChI=1S/2C16H20N4O2.Cu.F6P/c2*1-19(2)16(20(3)4)18-12-8-6-7-11-9-10-13(15(21)22-5)17-14(11)12;;1-7(2,3,4,5)6/h2*6-10H,1-5H3;;/q;;+1;-1. The number of aliphatic imine (C=N–C) groups is 2. The number of aromatic nitrogens is 2. The molecule has 0 bridgehead atoms. The third-order valence-corrected chi connectivity index (χ3v) is 6.23. The number of hydrogen-bond donors (Lipinski definition) is 0. The molecule has 12 nitrogen and oxygen atoms in total. The fourth-order valence-corrected chi connectivity index (χ4v) is 4.30. The van der Waals surface area contributed by atoms with Crippen LogP contribution in [-0.2, 0) is 26.5 Å². The minimum Gasteiger partial charge on any atom is 1.00 e. The fraction of sp³-hybridized carbons (Fsp3) is 0.312. The molecule has 52 heavy (non-hydrogen) atoms. The molecule has 0 saturated carbocycles. The first-order valence-corrected chi connectivity index (χ1v) is 16.7. The molecule has 2 heterocycles. The van der Waals surface area contributed by atoms with Gasteiger partial charge in [-0.15, -0.1) is 0 Å². The largest absolute Gasteiger partial charge is 1.00 e. The summed E-state index contributed by atoms with van der Waals surface area (Å²) in [5, 5.41) is 1.84. The van der Waals surface area contributed by atoms with E-state index in [0.717, 1.165) is 22.7 Å². The Hall–Kier alpha value is -4.73. The molecule has 2 aromatic heterocycles. The van der Waals surface area contributed by atoms with Gasteiger partial charge in [-0.3, -0.25) is 0 Å². The van der Waals surface area contributed by atoms with Crippen molar-refractivity contribution >= 4 is 64.8 Å². The molecule has 4 aromatic rings. The van der Waals surface area contributed by atoms with Crippen LogP contribution in [0.25, 0.3) is 21.8 Å². The molecule has 0 aliphatic heterocycles. The van der Waals surface area contributed by atoms with Crippen LogP contribution < -0.4 is 0 Å². The molecule has 0 unspecified atom stereocenters. The van der Waals surface area contributed by atoms with Crippen LogP contribution in [0.3, 0.4) is 0 Å². The second-order valence-electron chi connectivity index (χ2n) is 11.4. The van der Waals surface area contributed by atoms with E-state index in [1.165, 1.54) is 14.2 Å². The minimum atomic E-state index is -10.7. The smallest absolute Gasteiger partial charge is 1.00 e. The molecule has 0 atom stereocenters. The molecule has 20 heteroatoms. The normalized spacial score (nSPS) is 11.8. The summed E-state index contributed by atoms with van der Waals surface area (Å²) in [5.41, 5.74) is 3.31. The summed E-state index contributed by atoms with van der Waals surface area (Å²) in [4.78, 5) is 49.1. The molecule has 0 radical (unpaired) electrons. The number of halogens is 6. The second-order valence-corrected chi connectivity index (χ2v) is 13.4. The van der Waals surface area contributed by atoms with Crippen LogP contribution in [0.5, 0.6) is 0 Å². The number of hydrogen-bond acceptors (Lipinski definition) is 8. The number of benzene rings is 2. The van der Waals surface area contributed by atoms with Gasteiger partial charge in [-0.05, 0) is 24.3 Å². The number of esters is 2. The van der Waals surface area contributed by atoms with Crippen molar-refractivity contribution in [2.24, 2.45) is 9.98 Å². The van der Waals surface area contributed by atoms with Crippen molar-refractivity contribution in [3.8, 4) is 0 Å². The quantitative estimate of drug-likeness (QED) is 0.0509. The molecule has 0 fully saturated rings. The summed E-state index contributed by atoms with van der Waals surface area (Å²) in [6, 6.07) is 18.5. The summed E-state index contributed by atoms with van der Waals surface area (Å²) >= 11 is 0. The maximum Gasteiger partial charge on any atom is 1.00 e. The van der Waals surface area contributed by atoms with Crippen molar-refractivity contribution in [3.05, 3.63) is 72.1 Å². The molecule has 4 rings (SSSR count). The molecular formula is C32H40CuF6N8O4P. The number of carbonyl (C=O) groups is 2. The van der Waals surface area contributed by atoms with Crippen LogP contribution in [0, 0.1) is 0 Å². The van der Waals surface area contributed by atoms with E-state index in [0.29, 0.717) is 22.4 Å². The summed E-state index contributed by atoms with van der Waals surface area (Å²) in [6.45, 7) is 0. The molecule has 2 aromatic carbocycles. The van der Waals surface area contributed by atoms with Gasteiger partial charge < -0.3 is 29.1 Å². The fourth-order valence-electron chi connectivity index (χ4n) is 4.30. The van der Waals surface area contributed by atoms with Gasteiger partial charge >= 0.3 is 62.0 Å². The van der Waals surface area contributed by atoms with Crippen molar-refractivity contribution in [2.45, 2.75) is 0 Å². The monoisotopic (exact) mass is 808 g/mol. The van der Waals surface area contributed by atoms with E-state index in [1.54, 1.807) is 12.1 Å². The predicted molar refractivity (Wildman–Crippen MR) is 189 cm³/mol. The first kappa shape index (κ1) is 45.3. The van der Waals surface area contributed by atoms with E-state index in [1.807, 2.05) is 125 Å². The third kappa shape index (κ3) is 14.9. The van der Waals surface area contributed by atoms with E-state index >= 15 is 0 Å². The van der Waals surface area contributed by atoms with Gasteiger partial charge in [0, 0.05) is 67.2 Å². The Morgan fingerprint density at radius 3 is 1.10 bits per heavy atom. The Morgan fingerprint density at radius 2 is 0.846 bits per heavy atom. The topological polar surface area (TPSA) is 116 Å². The third-order valence-electron chi connectivity index (χ3n) is 6.23. The van der Waals surface area contributed by atoms with Crippen LogP contribution in [0.15, 0.2) is 70.6 Å². The van der Waals surface area contributed by atoms with E-state index in [9.17, 15) is 34.8 Å². The van der Waals surface area contributed by atoms with E-state index < -0.39 is 19.7 Å². The zero-order valence-corrected chi connectivity index (χ0v) is 31.8.